The predicted molar refractivity (Wildman–Crippen MR) is 214 cm³/mol. The lowest BCUT2D eigenvalue weighted by atomic mass is 9.82. The minimum absolute atomic E-state index is 0.0176. The van der Waals surface area contributed by atoms with Gasteiger partial charge in [-0.2, -0.15) is 0 Å². The van der Waals surface area contributed by atoms with Crippen molar-refractivity contribution >= 4 is 40.8 Å². The average molecular weight is 815 g/mol. The van der Waals surface area contributed by atoms with Gasteiger partial charge in [0.25, 0.3) is 0 Å². The van der Waals surface area contributed by atoms with Gasteiger partial charge in [-0.25, -0.2) is 4.21 Å². The number of amides is 4. The van der Waals surface area contributed by atoms with Crippen molar-refractivity contribution < 1.29 is 46.8 Å². The lowest BCUT2D eigenvalue weighted by Crippen LogP contribution is -2.61. The zero-order valence-corrected chi connectivity index (χ0v) is 34.7. The highest BCUT2D eigenvalue weighted by atomic mass is 32.2. The first kappa shape index (κ1) is 47.3. The Morgan fingerprint density at radius 2 is 1.37 bits per heavy atom. The van der Waals surface area contributed by atoms with Crippen molar-refractivity contribution in [3.8, 4) is 0 Å². The zero-order chi connectivity index (χ0) is 42.1. The van der Waals surface area contributed by atoms with Crippen molar-refractivity contribution in [1.82, 2.24) is 26.2 Å². The summed E-state index contributed by atoms with van der Waals surface area (Å²) in [6, 6.07) is 13.9. The van der Waals surface area contributed by atoms with Gasteiger partial charge in [-0.05, 0) is 55.1 Å². The Hall–Kier alpha value is -4.06. The van der Waals surface area contributed by atoms with Gasteiger partial charge in [0.15, 0.2) is 5.78 Å². The maximum absolute atomic E-state index is 14.2. The second-order valence-electron chi connectivity index (χ2n) is 15.7. The molecule has 0 saturated carbocycles. The number of nitrogens with one attached hydrogen (secondary N) is 4. The number of ether oxygens (including phenoxy) is 1. The normalized spacial score (nSPS) is 17.6. The molecular formula is C41H60N5O10S-. The average Bonchev–Trinajstić information content (AvgIpc) is 3.17. The molecule has 0 radical (unpaired) electrons. The Bertz CT molecular complexity index is 1620. The summed E-state index contributed by atoms with van der Waals surface area (Å²) in [6.45, 7) is 11.7. The molecule has 1 aliphatic rings. The summed E-state index contributed by atoms with van der Waals surface area (Å²) < 4.78 is 32.0. The quantitative estimate of drug-likeness (QED) is 0.102. The summed E-state index contributed by atoms with van der Waals surface area (Å²) >= 11 is -2.99. The summed E-state index contributed by atoms with van der Waals surface area (Å²) in [5.74, 6) is -3.88. The Morgan fingerprint density at radius 1 is 0.825 bits per heavy atom. The van der Waals surface area contributed by atoms with E-state index < -0.39 is 77.2 Å². The van der Waals surface area contributed by atoms with Crippen LogP contribution in [0.3, 0.4) is 0 Å². The Balaban J connectivity index is 1.87. The Labute approximate surface area is 338 Å². The van der Waals surface area contributed by atoms with Crippen molar-refractivity contribution in [1.29, 1.82) is 0 Å². The molecule has 4 amide bonds. The first-order valence-electron chi connectivity index (χ1n) is 19.5. The van der Waals surface area contributed by atoms with Gasteiger partial charge in [-0.1, -0.05) is 95.3 Å². The minimum atomic E-state index is -2.99. The molecule has 1 fully saturated rings. The van der Waals surface area contributed by atoms with E-state index in [1.807, 2.05) is 62.9 Å². The lowest BCUT2D eigenvalue weighted by molar-refractivity contribution is -0.145. The van der Waals surface area contributed by atoms with Crippen molar-refractivity contribution in [2.45, 2.75) is 97.0 Å². The number of hydrogen-bond donors (Lipinski definition) is 5. The number of carbonyl (C=O) groups is 5. The molecule has 316 valence electrons. The maximum Gasteiger partial charge on any atom is 0.243 e. The molecular weight excluding hydrogens is 755 g/mol. The molecule has 1 saturated heterocycles. The van der Waals surface area contributed by atoms with E-state index in [0.29, 0.717) is 38.3 Å². The fourth-order valence-corrected chi connectivity index (χ4v) is 6.70. The monoisotopic (exact) mass is 814 g/mol. The van der Waals surface area contributed by atoms with Crippen molar-refractivity contribution in [3.05, 3.63) is 71.8 Å². The van der Waals surface area contributed by atoms with Gasteiger partial charge in [0.2, 0.25) is 23.6 Å². The molecule has 3 rings (SSSR count). The van der Waals surface area contributed by atoms with E-state index in [-0.39, 0.29) is 43.6 Å². The van der Waals surface area contributed by atoms with Crippen molar-refractivity contribution in [3.63, 3.8) is 0 Å². The predicted octanol–water partition coefficient (Wildman–Crippen LogP) is 1.60. The Kier molecular flexibility index (Phi) is 19.4. The van der Waals surface area contributed by atoms with Crippen LogP contribution in [0.2, 0.25) is 0 Å². The first-order valence-corrected chi connectivity index (χ1v) is 20.5. The molecule has 7 atom stereocenters. The number of hydrogen-bond acceptors (Lipinski definition) is 11. The first-order chi connectivity index (χ1) is 27.0. The maximum atomic E-state index is 14.2. The van der Waals surface area contributed by atoms with Gasteiger partial charge in [-0.3, -0.25) is 33.1 Å². The van der Waals surface area contributed by atoms with E-state index >= 15 is 0 Å². The molecule has 1 heterocycles. The molecule has 2 aromatic carbocycles. The summed E-state index contributed by atoms with van der Waals surface area (Å²) in [5, 5.41) is 22.2. The molecule has 0 aliphatic carbocycles. The van der Waals surface area contributed by atoms with Gasteiger partial charge < -0.3 is 35.7 Å². The molecule has 0 aromatic heterocycles. The van der Waals surface area contributed by atoms with Crippen LogP contribution in [0.5, 0.6) is 0 Å². The molecule has 5 N–H and O–H groups in total. The largest absolute Gasteiger partial charge is 0.750 e. The molecule has 15 nitrogen and oxygen atoms in total. The Morgan fingerprint density at radius 3 is 1.93 bits per heavy atom. The van der Waals surface area contributed by atoms with Crippen LogP contribution in [0.4, 0.5) is 0 Å². The van der Waals surface area contributed by atoms with E-state index in [1.54, 1.807) is 37.3 Å². The van der Waals surface area contributed by atoms with Gasteiger partial charge in [0, 0.05) is 19.5 Å². The molecule has 57 heavy (non-hydrogen) atoms. The third kappa shape index (κ3) is 16.4. The van der Waals surface area contributed by atoms with Crippen LogP contribution in [0.1, 0.15) is 65.5 Å². The van der Waals surface area contributed by atoms with Crippen LogP contribution in [0.15, 0.2) is 60.7 Å². The van der Waals surface area contributed by atoms with E-state index in [1.165, 1.54) is 0 Å². The smallest absolute Gasteiger partial charge is 0.243 e. The van der Waals surface area contributed by atoms with E-state index in [0.717, 1.165) is 12.5 Å². The number of carbonyl (C=O) groups excluding carboxylic acids is 5. The van der Waals surface area contributed by atoms with Gasteiger partial charge in [0.05, 0.1) is 43.8 Å². The standard InChI is InChI=1S/C41H61N5O10S/c1-27(2)23-33(43-38(49)32(18-17-30-13-9-7-10-14-30)42-35(47)25-46-19-21-55-22-20-46)39(50)44-34(24-31-15-11-8-12-16-31)40(51)45-36(29(5)28(3)4)37(48)41(6,52)26-56-57(53)54/h7-16,27-29,32-34,36,52H,17-26H2,1-6H3,(H,42,47)(H,43,49)(H,44,50)(H,45,51)(H,53,54)/p-1. The van der Waals surface area contributed by atoms with Gasteiger partial charge >= 0.3 is 0 Å². The number of nitrogens with zero attached hydrogens (tertiary/aromatic N) is 1. The fraction of sp³-hybridized carbons (Fsp3) is 0.585. The van der Waals surface area contributed by atoms with Crippen LogP contribution in [0.25, 0.3) is 0 Å². The third-order valence-corrected chi connectivity index (χ3v) is 10.4. The fourth-order valence-electron chi connectivity index (χ4n) is 6.38. The topological polar surface area (TPSA) is 216 Å². The highest BCUT2D eigenvalue weighted by Gasteiger charge is 2.42. The number of benzene rings is 2. The summed E-state index contributed by atoms with van der Waals surface area (Å²) in [6.07, 6.45) is 0.978. The molecule has 2 aromatic rings. The second kappa shape index (κ2) is 23.4. The highest BCUT2D eigenvalue weighted by molar-refractivity contribution is 7.74. The van der Waals surface area contributed by atoms with Crippen molar-refractivity contribution in [2.24, 2.45) is 17.8 Å². The zero-order valence-electron chi connectivity index (χ0n) is 33.9. The number of aryl methyl sites for hydroxylation is 1. The van der Waals surface area contributed by atoms with E-state index in [2.05, 4.69) is 25.5 Å². The number of morpholine rings is 1. The summed E-state index contributed by atoms with van der Waals surface area (Å²) in [4.78, 5) is 71.2. The van der Waals surface area contributed by atoms with Crippen LogP contribution in [0, 0.1) is 17.8 Å². The van der Waals surface area contributed by atoms with Crippen LogP contribution in [-0.4, -0.2) is 117 Å². The second-order valence-corrected chi connectivity index (χ2v) is 16.3. The molecule has 0 spiro atoms. The van der Waals surface area contributed by atoms with Gasteiger partial charge in [-0.15, -0.1) is 0 Å². The molecule has 0 bridgehead atoms. The number of Topliss-reactive ketones (excluding diaryl/α,β-unsaturated/α-hetero) is 1. The lowest BCUT2D eigenvalue weighted by Gasteiger charge is -2.34. The molecule has 7 unspecified atom stereocenters. The van der Waals surface area contributed by atoms with Crippen LogP contribution >= 0.6 is 0 Å². The number of aliphatic hydroxyl groups is 1. The molecule has 1 aliphatic heterocycles. The minimum Gasteiger partial charge on any atom is -0.750 e. The summed E-state index contributed by atoms with van der Waals surface area (Å²) in [5.41, 5.74) is -0.605. The number of rotatable bonds is 23. The number of ketones is 1. The highest BCUT2D eigenvalue weighted by Crippen LogP contribution is 2.21. The summed E-state index contributed by atoms with van der Waals surface area (Å²) in [7, 11) is 0. The van der Waals surface area contributed by atoms with E-state index in [9.17, 15) is 37.8 Å². The van der Waals surface area contributed by atoms with Crippen molar-refractivity contribution in [2.75, 3.05) is 39.5 Å². The SMILES string of the molecule is CC(C)CC(NC(=O)C(CCc1ccccc1)NC(=O)CN1CCOCC1)C(=O)NC(Cc1ccccc1)C(=O)NC(C(=O)C(C)(O)COS(=O)[O-])C(C)C(C)C. The third-order valence-electron chi connectivity index (χ3n) is 10.1. The van der Waals surface area contributed by atoms with Crippen LogP contribution < -0.4 is 21.3 Å². The van der Waals surface area contributed by atoms with Gasteiger partial charge in [0.1, 0.15) is 23.7 Å². The van der Waals surface area contributed by atoms with Crippen LogP contribution in [-0.2, 0) is 57.1 Å². The molecule has 16 heteroatoms. The van der Waals surface area contributed by atoms with E-state index in [4.69, 9.17) is 4.74 Å².